The Hall–Kier alpha value is -1.81. The van der Waals surface area contributed by atoms with Crippen LogP contribution in [0.3, 0.4) is 0 Å². The van der Waals surface area contributed by atoms with Gasteiger partial charge in [-0.3, -0.25) is 4.79 Å². The second-order valence-corrected chi connectivity index (χ2v) is 6.45. The van der Waals surface area contributed by atoms with Crippen LogP contribution in [0.4, 0.5) is 0 Å². The number of hydrogen-bond acceptors (Lipinski definition) is 2. The monoisotopic (exact) mass is 300 g/mol. The number of aliphatic hydroxyl groups excluding tert-OH is 1. The van der Waals surface area contributed by atoms with Crippen molar-refractivity contribution in [3.05, 3.63) is 35.5 Å². The Labute approximate surface area is 131 Å². The van der Waals surface area contributed by atoms with Gasteiger partial charge < -0.3 is 15.0 Å². The number of H-pyrrole nitrogens is 1. The molecule has 0 bridgehead atoms. The summed E-state index contributed by atoms with van der Waals surface area (Å²) in [5.74, 6) is 0.521. The van der Waals surface area contributed by atoms with Crippen LogP contribution in [0, 0.1) is 12.8 Å². The quantitative estimate of drug-likeness (QED) is 0.915. The van der Waals surface area contributed by atoms with Crippen LogP contribution in [0.15, 0.2) is 24.4 Å². The third-order valence-corrected chi connectivity index (χ3v) is 4.91. The molecule has 1 aliphatic rings. The van der Waals surface area contributed by atoms with Crippen LogP contribution in [0.5, 0.6) is 0 Å². The molecule has 4 nitrogen and oxygen atoms in total. The highest BCUT2D eigenvalue weighted by molar-refractivity contribution is 5.91. The number of likely N-dealkylation sites (tertiary alicyclic amines) is 1. The van der Waals surface area contributed by atoms with Crippen LogP contribution >= 0.6 is 0 Å². The van der Waals surface area contributed by atoms with Crippen molar-refractivity contribution in [1.82, 2.24) is 9.88 Å². The number of fused-ring (bicyclic) bond motifs is 1. The summed E-state index contributed by atoms with van der Waals surface area (Å²) in [7, 11) is 0. The molecule has 22 heavy (non-hydrogen) atoms. The molecular formula is C18H24N2O2. The maximum atomic E-state index is 12.5. The van der Waals surface area contributed by atoms with E-state index in [0.717, 1.165) is 37.0 Å². The first-order chi connectivity index (χ1) is 10.6. The summed E-state index contributed by atoms with van der Waals surface area (Å²) < 4.78 is 0. The normalized spacial score (nSPS) is 17.9. The smallest absolute Gasteiger partial charge is 0.227 e. The molecule has 3 rings (SSSR count). The number of carbonyl (C=O) groups is 1. The van der Waals surface area contributed by atoms with Crippen LogP contribution in [-0.4, -0.2) is 40.1 Å². The summed E-state index contributed by atoms with van der Waals surface area (Å²) in [5, 5.41) is 10.8. The predicted molar refractivity (Wildman–Crippen MR) is 87.7 cm³/mol. The van der Waals surface area contributed by atoms with Crippen molar-refractivity contribution in [2.24, 2.45) is 5.92 Å². The topological polar surface area (TPSA) is 56.3 Å². The summed E-state index contributed by atoms with van der Waals surface area (Å²) in [4.78, 5) is 17.7. The van der Waals surface area contributed by atoms with E-state index in [2.05, 4.69) is 18.0 Å². The zero-order valence-electron chi connectivity index (χ0n) is 13.3. The molecule has 1 atom stereocenters. The lowest BCUT2D eigenvalue weighted by atomic mass is 9.92. The summed E-state index contributed by atoms with van der Waals surface area (Å²) in [5.41, 5.74) is 3.38. The number of piperidine rings is 1. The van der Waals surface area contributed by atoms with E-state index in [1.54, 1.807) is 0 Å². The van der Waals surface area contributed by atoms with Crippen molar-refractivity contribution in [2.45, 2.75) is 39.2 Å². The Bertz CT molecular complexity index is 667. The molecule has 2 heterocycles. The van der Waals surface area contributed by atoms with E-state index in [9.17, 15) is 9.90 Å². The number of hydrogen-bond donors (Lipinski definition) is 2. The minimum Gasteiger partial charge on any atom is -0.393 e. The highest BCUT2D eigenvalue weighted by Gasteiger charge is 2.25. The first kappa shape index (κ1) is 15.1. The Morgan fingerprint density at radius 3 is 2.82 bits per heavy atom. The Balaban J connectivity index is 1.69. The number of amides is 1. The molecular weight excluding hydrogens is 276 g/mol. The molecule has 1 aromatic heterocycles. The van der Waals surface area contributed by atoms with Gasteiger partial charge in [-0.15, -0.1) is 0 Å². The number of rotatable bonds is 3. The molecule has 1 saturated heterocycles. The maximum absolute atomic E-state index is 12.5. The fourth-order valence-corrected chi connectivity index (χ4v) is 3.50. The van der Waals surface area contributed by atoms with E-state index in [1.807, 2.05) is 30.2 Å². The third kappa shape index (κ3) is 2.88. The first-order valence-electron chi connectivity index (χ1n) is 8.07. The van der Waals surface area contributed by atoms with Crippen LogP contribution in [0.2, 0.25) is 0 Å². The molecule has 1 fully saturated rings. The van der Waals surface area contributed by atoms with Crippen LogP contribution in [-0.2, 0) is 11.2 Å². The molecule has 0 saturated carbocycles. The third-order valence-electron chi connectivity index (χ3n) is 4.91. The van der Waals surface area contributed by atoms with E-state index in [-0.39, 0.29) is 12.0 Å². The van der Waals surface area contributed by atoms with Gasteiger partial charge in [0.2, 0.25) is 5.91 Å². The molecule has 0 spiro atoms. The number of aryl methyl sites for hydroxylation is 1. The summed E-state index contributed by atoms with van der Waals surface area (Å²) in [6, 6.07) is 6.16. The van der Waals surface area contributed by atoms with Crippen molar-refractivity contribution in [3.63, 3.8) is 0 Å². The zero-order valence-corrected chi connectivity index (χ0v) is 13.3. The summed E-state index contributed by atoms with van der Waals surface area (Å²) in [6.45, 7) is 5.45. The van der Waals surface area contributed by atoms with Gasteiger partial charge in [0.15, 0.2) is 0 Å². The van der Waals surface area contributed by atoms with Crippen LogP contribution in [0.1, 0.15) is 30.9 Å². The van der Waals surface area contributed by atoms with Gasteiger partial charge in [-0.2, -0.15) is 0 Å². The molecule has 2 aromatic rings. The van der Waals surface area contributed by atoms with Gasteiger partial charge in [0.25, 0.3) is 0 Å². The lowest BCUT2D eigenvalue weighted by Crippen LogP contribution is -2.41. The highest BCUT2D eigenvalue weighted by atomic mass is 16.3. The fourth-order valence-electron chi connectivity index (χ4n) is 3.50. The molecule has 1 unspecified atom stereocenters. The van der Waals surface area contributed by atoms with Crippen LogP contribution in [0.25, 0.3) is 10.9 Å². The first-order valence-corrected chi connectivity index (χ1v) is 8.07. The minimum absolute atomic E-state index is 0.188. The molecule has 0 aliphatic carbocycles. The average Bonchev–Trinajstić information content (AvgIpc) is 2.92. The van der Waals surface area contributed by atoms with Crippen molar-refractivity contribution in [1.29, 1.82) is 0 Å². The molecule has 1 aromatic carbocycles. The number of nitrogens with zero attached hydrogens (tertiary/aromatic N) is 1. The van der Waals surface area contributed by atoms with Gasteiger partial charge in [0.1, 0.15) is 0 Å². The molecule has 118 valence electrons. The van der Waals surface area contributed by atoms with E-state index in [0.29, 0.717) is 12.3 Å². The fraction of sp³-hybridized carbons (Fsp3) is 0.500. The number of carbonyl (C=O) groups excluding carboxylic acids is 1. The summed E-state index contributed by atoms with van der Waals surface area (Å²) >= 11 is 0. The second-order valence-electron chi connectivity index (χ2n) is 6.45. The SMILES string of the molecule is Cc1cccc2[nH]cc(CC(=O)N3CCC(C(C)O)CC3)c12. The van der Waals surface area contributed by atoms with E-state index in [1.165, 1.54) is 10.9 Å². The average molecular weight is 300 g/mol. The van der Waals surface area contributed by atoms with Crippen molar-refractivity contribution >= 4 is 16.8 Å². The Kier molecular flexibility index (Phi) is 4.21. The van der Waals surface area contributed by atoms with Gasteiger partial charge in [0.05, 0.1) is 12.5 Å². The second kappa shape index (κ2) is 6.13. The Morgan fingerprint density at radius 1 is 1.41 bits per heavy atom. The van der Waals surface area contributed by atoms with Gasteiger partial charge in [0, 0.05) is 30.2 Å². The van der Waals surface area contributed by atoms with Gasteiger partial charge >= 0.3 is 0 Å². The molecule has 2 N–H and O–H groups in total. The van der Waals surface area contributed by atoms with Gasteiger partial charge in [-0.05, 0) is 49.8 Å². The number of aromatic nitrogens is 1. The number of benzene rings is 1. The Morgan fingerprint density at radius 2 is 2.14 bits per heavy atom. The largest absolute Gasteiger partial charge is 0.393 e. The van der Waals surface area contributed by atoms with E-state index >= 15 is 0 Å². The number of nitrogens with one attached hydrogen (secondary N) is 1. The summed E-state index contributed by atoms with van der Waals surface area (Å²) in [6.07, 6.45) is 3.93. The van der Waals surface area contributed by atoms with Gasteiger partial charge in [-0.25, -0.2) is 0 Å². The lowest BCUT2D eigenvalue weighted by molar-refractivity contribution is -0.132. The standard InChI is InChI=1S/C18H24N2O2/c1-12-4-3-5-16-18(12)15(11-19-16)10-17(22)20-8-6-14(7-9-20)13(2)21/h3-5,11,13-14,19,21H,6-10H2,1-2H3. The zero-order chi connectivity index (χ0) is 15.7. The van der Waals surface area contributed by atoms with E-state index < -0.39 is 0 Å². The van der Waals surface area contributed by atoms with Gasteiger partial charge in [-0.1, -0.05) is 12.1 Å². The predicted octanol–water partition coefficient (Wildman–Crippen LogP) is 2.64. The highest BCUT2D eigenvalue weighted by Crippen LogP contribution is 2.25. The molecule has 1 aliphatic heterocycles. The van der Waals surface area contributed by atoms with Crippen molar-refractivity contribution in [3.8, 4) is 0 Å². The van der Waals surface area contributed by atoms with Crippen LogP contribution < -0.4 is 0 Å². The van der Waals surface area contributed by atoms with E-state index in [4.69, 9.17) is 0 Å². The maximum Gasteiger partial charge on any atom is 0.227 e. The number of aromatic amines is 1. The lowest BCUT2D eigenvalue weighted by Gasteiger charge is -2.33. The molecule has 1 amide bonds. The van der Waals surface area contributed by atoms with Crippen molar-refractivity contribution < 1.29 is 9.90 Å². The van der Waals surface area contributed by atoms with Crippen molar-refractivity contribution in [2.75, 3.05) is 13.1 Å². The minimum atomic E-state index is -0.270. The number of aliphatic hydroxyl groups is 1. The molecule has 4 heteroatoms. The molecule has 0 radical (unpaired) electrons.